The number of esters is 1. The van der Waals surface area contributed by atoms with Crippen molar-refractivity contribution in [3.8, 4) is 0 Å². The van der Waals surface area contributed by atoms with E-state index in [1.54, 1.807) is 5.57 Å². The molecule has 5 aliphatic rings. The molecule has 378 valence electrons. The minimum atomic E-state index is -0.974. The molecule has 9 atom stereocenters. The highest BCUT2D eigenvalue weighted by atomic mass is 16.5. The van der Waals surface area contributed by atoms with E-state index in [4.69, 9.17) is 4.74 Å². The Bertz CT molecular complexity index is 1650. The van der Waals surface area contributed by atoms with Crippen molar-refractivity contribution in [3.63, 3.8) is 0 Å². The van der Waals surface area contributed by atoms with Crippen LogP contribution in [0.3, 0.4) is 0 Å². The molecule has 2 amide bonds. The second-order valence-corrected chi connectivity index (χ2v) is 25.3. The summed E-state index contributed by atoms with van der Waals surface area (Å²) in [5, 5.41) is 15.5. The lowest BCUT2D eigenvalue weighted by atomic mass is 9.33. The number of carboxylic acids is 1. The van der Waals surface area contributed by atoms with Gasteiger partial charge < -0.3 is 20.5 Å². The highest BCUT2D eigenvalue weighted by molar-refractivity contribution is 5.84. The fourth-order valence-corrected chi connectivity index (χ4v) is 15.2. The van der Waals surface area contributed by atoms with Gasteiger partial charge in [0, 0.05) is 24.8 Å². The van der Waals surface area contributed by atoms with Crippen LogP contribution in [0.5, 0.6) is 0 Å². The van der Waals surface area contributed by atoms with Crippen molar-refractivity contribution >= 4 is 23.8 Å². The number of carbonyl (C=O) groups is 4. The van der Waals surface area contributed by atoms with Gasteiger partial charge in [0.25, 0.3) is 0 Å². The van der Waals surface area contributed by atoms with Crippen LogP contribution in [0, 0.1) is 56.2 Å². The number of fused-ring (bicyclic) bond motifs is 7. The second kappa shape index (κ2) is 23.5. The number of amides is 2. The van der Waals surface area contributed by atoms with Gasteiger partial charge in [-0.3, -0.25) is 14.4 Å². The number of carbonyl (C=O) groups excluding carboxylic acids is 3. The highest BCUT2D eigenvalue weighted by Gasteiger charge is 2.69. The lowest BCUT2D eigenvalue weighted by Crippen LogP contribution is -2.65. The van der Waals surface area contributed by atoms with Crippen LogP contribution in [0.25, 0.3) is 0 Å². The summed E-state index contributed by atoms with van der Waals surface area (Å²) in [5.74, 6) is 0.427. The molecule has 8 nitrogen and oxygen atoms in total. The van der Waals surface area contributed by atoms with E-state index in [2.05, 4.69) is 72.1 Å². The van der Waals surface area contributed by atoms with E-state index < -0.39 is 12.0 Å². The Morgan fingerprint density at radius 2 is 1.27 bits per heavy atom. The van der Waals surface area contributed by atoms with Gasteiger partial charge in [0.2, 0.25) is 11.8 Å². The fourth-order valence-electron chi connectivity index (χ4n) is 15.2. The molecular weight excluding hydrogens is 821 g/mol. The normalized spacial score (nSPS) is 32.4. The Balaban J connectivity index is 1.12. The maximum atomic E-state index is 14.6. The zero-order valence-electron chi connectivity index (χ0n) is 44.2. The zero-order chi connectivity index (χ0) is 48.4. The van der Waals surface area contributed by atoms with E-state index in [0.717, 1.165) is 122 Å². The highest BCUT2D eigenvalue weighted by Crippen LogP contribution is 2.76. The van der Waals surface area contributed by atoms with Gasteiger partial charge in [-0.15, -0.1) is 0 Å². The SMILES string of the molecule is CCCCCCCCCCCC(=O)O[C@H]1CC[C@]2(C)[C@H]3CC=C4[C@@H]5CC(C)(C)CC[C@]5(C(=O)NCCCCCCCCCCC(=O)N[C@H](C(=O)O)C(C)C)CC[C@@]4(C)[C@]3(C)CC[C@H]2C1(C)C. The summed E-state index contributed by atoms with van der Waals surface area (Å²) in [4.78, 5) is 51.5. The Morgan fingerprint density at radius 1 is 0.697 bits per heavy atom. The summed E-state index contributed by atoms with van der Waals surface area (Å²) in [5.41, 5.74) is 1.87. The summed E-state index contributed by atoms with van der Waals surface area (Å²) < 4.78 is 6.43. The summed E-state index contributed by atoms with van der Waals surface area (Å²) in [6, 6.07) is -0.823. The minimum Gasteiger partial charge on any atom is -0.480 e. The molecule has 0 aromatic rings. The number of hydrogen-bond acceptors (Lipinski definition) is 5. The fraction of sp³-hybridized carbons (Fsp3) is 0.897. The summed E-state index contributed by atoms with van der Waals surface area (Å²) in [7, 11) is 0. The number of aliphatic carboxylic acids is 1. The van der Waals surface area contributed by atoms with Crippen LogP contribution < -0.4 is 10.6 Å². The van der Waals surface area contributed by atoms with Gasteiger partial charge >= 0.3 is 11.9 Å². The van der Waals surface area contributed by atoms with E-state index in [9.17, 15) is 24.3 Å². The Hall–Kier alpha value is -2.38. The molecule has 8 heteroatoms. The molecule has 0 aromatic heterocycles. The van der Waals surface area contributed by atoms with Gasteiger partial charge in [-0.05, 0) is 129 Å². The molecule has 66 heavy (non-hydrogen) atoms. The van der Waals surface area contributed by atoms with Crippen molar-refractivity contribution < 1.29 is 29.0 Å². The lowest BCUT2D eigenvalue weighted by Gasteiger charge is -2.71. The van der Waals surface area contributed by atoms with Crippen molar-refractivity contribution in [2.75, 3.05) is 6.54 Å². The van der Waals surface area contributed by atoms with Gasteiger partial charge in [-0.25, -0.2) is 4.79 Å². The van der Waals surface area contributed by atoms with Crippen LogP contribution in [0.4, 0.5) is 0 Å². The molecular formula is C58H100N2O6. The van der Waals surface area contributed by atoms with Gasteiger partial charge in [0.05, 0.1) is 5.41 Å². The third kappa shape index (κ3) is 12.3. The Morgan fingerprint density at radius 3 is 1.88 bits per heavy atom. The number of unbranched alkanes of at least 4 members (excludes halogenated alkanes) is 15. The maximum absolute atomic E-state index is 14.6. The van der Waals surface area contributed by atoms with Gasteiger partial charge in [0.15, 0.2) is 0 Å². The molecule has 0 aliphatic heterocycles. The first-order chi connectivity index (χ1) is 31.2. The average molecular weight is 921 g/mol. The maximum Gasteiger partial charge on any atom is 0.326 e. The molecule has 0 bridgehead atoms. The number of carboxylic acid groups (broad SMARTS) is 1. The van der Waals surface area contributed by atoms with Gasteiger partial charge in [-0.2, -0.15) is 0 Å². The van der Waals surface area contributed by atoms with Crippen LogP contribution in [0.1, 0.15) is 255 Å². The average Bonchev–Trinajstić information content (AvgIpc) is 3.24. The van der Waals surface area contributed by atoms with E-state index in [1.807, 2.05) is 13.8 Å². The molecule has 4 fully saturated rings. The summed E-state index contributed by atoms with van der Waals surface area (Å²) in [6.07, 6.45) is 34.1. The molecule has 3 N–H and O–H groups in total. The van der Waals surface area contributed by atoms with Gasteiger partial charge in [0.1, 0.15) is 12.1 Å². The van der Waals surface area contributed by atoms with Crippen LogP contribution in [-0.4, -0.2) is 47.6 Å². The smallest absolute Gasteiger partial charge is 0.326 e. The van der Waals surface area contributed by atoms with Crippen molar-refractivity contribution in [1.29, 1.82) is 0 Å². The van der Waals surface area contributed by atoms with E-state index in [1.165, 1.54) is 57.8 Å². The van der Waals surface area contributed by atoms with Crippen molar-refractivity contribution in [3.05, 3.63) is 11.6 Å². The first-order valence-corrected chi connectivity index (χ1v) is 27.9. The molecule has 0 radical (unpaired) electrons. The van der Waals surface area contributed by atoms with Crippen LogP contribution in [-0.2, 0) is 23.9 Å². The van der Waals surface area contributed by atoms with Crippen LogP contribution in [0.15, 0.2) is 11.6 Å². The topological polar surface area (TPSA) is 122 Å². The lowest BCUT2D eigenvalue weighted by molar-refractivity contribution is -0.213. The third-order valence-electron chi connectivity index (χ3n) is 19.7. The number of allylic oxidation sites excluding steroid dienone is 2. The molecule has 0 spiro atoms. The summed E-state index contributed by atoms with van der Waals surface area (Å²) in [6.45, 7) is 24.2. The van der Waals surface area contributed by atoms with E-state index >= 15 is 0 Å². The standard InChI is InChI=1S/C58H100N2O6/c1-11-12-13-14-15-16-20-23-26-29-49(62)66-47-33-34-55(8)45(54(47,6)7)32-35-57(10)46(55)31-30-43-44-41-53(4,5)36-38-58(44,39-37-56(43,57)9)52(65)59-40-27-24-21-18-17-19-22-25-28-48(61)60-50(42(2)3)51(63)64/h30,42,44-47,50H,11-29,31-41H2,1-10H3,(H,59,65)(H,60,61)(H,63,64)/t44-,45-,46+,47-,50-,55-,56+,57+,58-/m0/s1. The molecule has 0 saturated heterocycles. The van der Waals surface area contributed by atoms with Crippen LogP contribution in [0.2, 0.25) is 0 Å². The van der Waals surface area contributed by atoms with Crippen molar-refractivity contribution in [2.45, 2.75) is 268 Å². The summed E-state index contributed by atoms with van der Waals surface area (Å²) >= 11 is 0. The molecule has 0 unspecified atom stereocenters. The number of hydrogen-bond donors (Lipinski definition) is 3. The predicted octanol–water partition coefficient (Wildman–Crippen LogP) is 14.5. The number of nitrogens with one attached hydrogen (secondary N) is 2. The number of ether oxygens (including phenoxy) is 1. The Kier molecular flexibility index (Phi) is 19.4. The molecule has 0 heterocycles. The predicted molar refractivity (Wildman–Crippen MR) is 270 cm³/mol. The largest absolute Gasteiger partial charge is 0.480 e. The molecule has 5 aliphatic carbocycles. The van der Waals surface area contributed by atoms with Crippen molar-refractivity contribution in [2.24, 2.45) is 56.2 Å². The van der Waals surface area contributed by atoms with E-state index in [-0.39, 0.29) is 56.4 Å². The van der Waals surface area contributed by atoms with Crippen LogP contribution >= 0.6 is 0 Å². The molecule has 0 aromatic carbocycles. The van der Waals surface area contributed by atoms with Gasteiger partial charge in [-0.1, -0.05) is 171 Å². The second-order valence-electron chi connectivity index (χ2n) is 25.3. The quantitative estimate of drug-likeness (QED) is 0.0451. The van der Waals surface area contributed by atoms with Crippen molar-refractivity contribution in [1.82, 2.24) is 10.6 Å². The first-order valence-electron chi connectivity index (χ1n) is 27.9. The zero-order valence-corrected chi connectivity index (χ0v) is 44.2. The minimum absolute atomic E-state index is 0.00911. The Labute approximate surface area is 403 Å². The third-order valence-corrected chi connectivity index (χ3v) is 19.7. The first kappa shape index (κ1) is 54.6. The molecule has 4 saturated carbocycles. The monoisotopic (exact) mass is 921 g/mol. The molecule has 5 rings (SSSR count). The number of rotatable bonds is 26. The van der Waals surface area contributed by atoms with E-state index in [0.29, 0.717) is 36.5 Å².